The first-order valence-electron chi connectivity index (χ1n) is 11.4. The van der Waals surface area contributed by atoms with E-state index in [9.17, 15) is 9.18 Å². The fourth-order valence-corrected chi connectivity index (χ4v) is 4.70. The number of primary amides is 1. The number of benzene rings is 3. The number of amides is 1. The molecule has 0 unspecified atom stereocenters. The highest BCUT2D eigenvalue weighted by Crippen LogP contribution is 2.29. The molecule has 33 heavy (non-hydrogen) atoms. The number of piperidine rings is 1. The molecule has 1 saturated heterocycles. The van der Waals surface area contributed by atoms with Crippen molar-refractivity contribution in [1.29, 1.82) is 0 Å². The molecule has 1 aromatic heterocycles. The van der Waals surface area contributed by atoms with Crippen molar-refractivity contribution in [3.63, 3.8) is 0 Å². The third-order valence-electron chi connectivity index (χ3n) is 6.30. The molecule has 1 fully saturated rings. The predicted molar refractivity (Wildman–Crippen MR) is 128 cm³/mol. The lowest BCUT2D eigenvalue weighted by Gasteiger charge is -2.26. The molecule has 1 amide bonds. The summed E-state index contributed by atoms with van der Waals surface area (Å²) < 4.78 is 16.3. The summed E-state index contributed by atoms with van der Waals surface area (Å²) in [5.74, 6) is -0.830. The summed E-state index contributed by atoms with van der Waals surface area (Å²) in [4.78, 5) is 14.5. The number of nitrogens with two attached hydrogens (primary N) is 1. The zero-order valence-corrected chi connectivity index (χ0v) is 18.5. The Bertz CT molecular complexity index is 1290. The van der Waals surface area contributed by atoms with Crippen LogP contribution in [0.3, 0.4) is 0 Å². The van der Waals surface area contributed by atoms with Crippen molar-refractivity contribution in [1.82, 2.24) is 14.7 Å². The Labute approximate surface area is 192 Å². The van der Waals surface area contributed by atoms with Gasteiger partial charge in [0.15, 0.2) is 5.69 Å². The molecule has 0 bridgehead atoms. The largest absolute Gasteiger partial charge is 0.364 e. The maximum absolute atomic E-state index is 14.5. The van der Waals surface area contributed by atoms with Crippen molar-refractivity contribution >= 4 is 16.8 Å². The van der Waals surface area contributed by atoms with Crippen LogP contribution in [0.1, 0.15) is 40.9 Å². The number of aromatic nitrogens is 2. The fourth-order valence-electron chi connectivity index (χ4n) is 4.70. The van der Waals surface area contributed by atoms with Crippen LogP contribution in [0.5, 0.6) is 0 Å². The van der Waals surface area contributed by atoms with Crippen molar-refractivity contribution in [2.24, 2.45) is 5.73 Å². The smallest absolute Gasteiger partial charge is 0.269 e. The third kappa shape index (κ3) is 4.66. The predicted octanol–water partition coefficient (Wildman–Crippen LogP) is 4.98. The molecule has 6 heteroatoms. The van der Waals surface area contributed by atoms with E-state index < -0.39 is 5.91 Å². The van der Waals surface area contributed by atoms with Crippen LogP contribution in [0, 0.1) is 5.82 Å². The topological polar surface area (TPSA) is 64.2 Å². The van der Waals surface area contributed by atoms with E-state index in [0.717, 1.165) is 47.4 Å². The van der Waals surface area contributed by atoms with Gasteiger partial charge in [-0.05, 0) is 78.5 Å². The minimum Gasteiger partial charge on any atom is -0.364 e. The van der Waals surface area contributed by atoms with Crippen LogP contribution in [0.25, 0.3) is 22.0 Å². The van der Waals surface area contributed by atoms with Gasteiger partial charge >= 0.3 is 0 Å². The normalized spacial score (nSPS) is 14.6. The van der Waals surface area contributed by atoms with Crippen LogP contribution in [-0.2, 0) is 13.1 Å². The lowest BCUT2D eigenvalue weighted by Crippen LogP contribution is -2.29. The Morgan fingerprint density at radius 1 is 0.879 bits per heavy atom. The van der Waals surface area contributed by atoms with Gasteiger partial charge in [-0.15, -0.1) is 0 Å². The first-order valence-corrected chi connectivity index (χ1v) is 11.4. The number of carbonyl (C=O) groups is 1. The molecular formula is C27H27FN4O. The Morgan fingerprint density at radius 3 is 2.42 bits per heavy atom. The van der Waals surface area contributed by atoms with Crippen LogP contribution in [-0.4, -0.2) is 33.7 Å². The molecule has 168 valence electrons. The van der Waals surface area contributed by atoms with Gasteiger partial charge in [0.05, 0.1) is 12.1 Å². The summed E-state index contributed by atoms with van der Waals surface area (Å²) in [7, 11) is 0. The molecule has 2 heterocycles. The van der Waals surface area contributed by atoms with E-state index in [4.69, 9.17) is 5.73 Å². The molecule has 5 rings (SSSR count). The lowest BCUT2D eigenvalue weighted by molar-refractivity contribution is 0.0996. The molecule has 1 aliphatic rings. The summed E-state index contributed by atoms with van der Waals surface area (Å²) in [5.41, 5.74) is 10.4. The zero-order valence-electron chi connectivity index (χ0n) is 18.5. The number of fused-ring (bicyclic) bond motifs is 1. The molecule has 0 aliphatic carbocycles. The number of halogens is 1. The first kappa shape index (κ1) is 21.3. The summed E-state index contributed by atoms with van der Waals surface area (Å²) in [5, 5.41) is 5.17. The Hall–Kier alpha value is -3.51. The average Bonchev–Trinajstić information content (AvgIpc) is 3.18. The summed E-state index contributed by atoms with van der Waals surface area (Å²) in [6.45, 7) is 3.39. The Morgan fingerprint density at radius 2 is 1.67 bits per heavy atom. The highest BCUT2D eigenvalue weighted by Gasteiger charge is 2.17. The fraction of sp³-hybridized carbons (Fsp3) is 0.259. The number of likely N-dealkylation sites (tertiary alicyclic amines) is 1. The average molecular weight is 443 g/mol. The van der Waals surface area contributed by atoms with E-state index in [2.05, 4.69) is 10.00 Å². The van der Waals surface area contributed by atoms with Crippen molar-refractivity contribution in [3.8, 4) is 11.1 Å². The van der Waals surface area contributed by atoms with E-state index in [1.807, 2.05) is 54.6 Å². The lowest BCUT2D eigenvalue weighted by atomic mass is 10.00. The molecule has 1 aliphatic heterocycles. The Balaban J connectivity index is 1.51. The molecule has 0 radical (unpaired) electrons. The number of rotatable bonds is 6. The molecular weight excluding hydrogens is 415 g/mol. The number of carbonyl (C=O) groups excluding carboxylic acids is 1. The third-order valence-corrected chi connectivity index (χ3v) is 6.30. The number of hydrogen-bond acceptors (Lipinski definition) is 3. The highest BCUT2D eigenvalue weighted by atomic mass is 19.1. The van der Waals surface area contributed by atoms with Gasteiger partial charge in [-0.2, -0.15) is 5.10 Å². The van der Waals surface area contributed by atoms with Crippen LogP contribution in [0.15, 0.2) is 66.7 Å². The SMILES string of the molecule is NC(=O)c1nn(Cc2ccccc2)c2ccc(-c3cc(F)cc(CN4CCCCC4)c3)cc12. The van der Waals surface area contributed by atoms with Crippen LogP contribution in [0.2, 0.25) is 0 Å². The van der Waals surface area contributed by atoms with E-state index in [1.54, 1.807) is 16.8 Å². The van der Waals surface area contributed by atoms with Gasteiger partial charge in [0, 0.05) is 11.9 Å². The van der Waals surface area contributed by atoms with E-state index in [1.165, 1.54) is 19.3 Å². The quantitative estimate of drug-likeness (QED) is 0.458. The van der Waals surface area contributed by atoms with Crippen molar-refractivity contribution in [3.05, 3.63) is 89.4 Å². The van der Waals surface area contributed by atoms with E-state index in [-0.39, 0.29) is 11.5 Å². The van der Waals surface area contributed by atoms with E-state index in [0.29, 0.717) is 11.9 Å². The second kappa shape index (κ2) is 9.16. The van der Waals surface area contributed by atoms with Crippen molar-refractivity contribution in [2.45, 2.75) is 32.4 Å². The van der Waals surface area contributed by atoms with E-state index >= 15 is 0 Å². The zero-order chi connectivity index (χ0) is 22.8. The highest BCUT2D eigenvalue weighted by molar-refractivity contribution is 6.05. The second-order valence-electron chi connectivity index (χ2n) is 8.77. The summed E-state index contributed by atoms with van der Waals surface area (Å²) >= 11 is 0. The number of nitrogens with zero attached hydrogens (tertiary/aromatic N) is 3. The summed E-state index contributed by atoms with van der Waals surface area (Å²) in [6, 6.07) is 20.9. The molecule has 4 aromatic rings. The molecule has 0 spiro atoms. The summed E-state index contributed by atoms with van der Waals surface area (Å²) in [6.07, 6.45) is 3.66. The molecule has 3 aromatic carbocycles. The second-order valence-corrected chi connectivity index (χ2v) is 8.77. The van der Waals surface area contributed by atoms with Gasteiger partial charge in [-0.1, -0.05) is 42.8 Å². The maximum Gasteiger partial charge on any atom is 0.269 e. The monoisotopic (exact) mass is 442 g/mol. The maximum atomic E-state index is 14.5. The van der Waals surface area contributed by atoms with Crippen LogP contribution < -0.4 is 5.73 Å². The Kier molecular flexibility index (Phi) is 5.92. The molecule has 0 saturated carbocycles. The standard InChI is InChI=1S/C27H27FN4O/c28-23-14-20(17-31-11-5-2-6-12-31)13-22(15-23)21-9-10-25-24(16-21)26(27(29)33)30-32(25)18-19-7-3-1-4-8-19/h1,3-4,7-10,13-16H,2,5-6,11-12,17-18H2,(H2,29,33). The van der Waals surface area contributed by atoms with Gasteiger partial charge in [0.25, 0.3) is 5.91 Å². The van der Waals surface area contributed by atoms with Crippen LogP contribution in [0.4, 0.5) is 4.39 Å². The van der Waals surface area contributed by atoms with Gasteiger partial charge in [0.1, 0.15) is 5.82 Å². The molecule has 0 atom stereocenters. The molecule has 5 nitrogen and oxygen atoms in total. The minimum atomic E-state index is -0.575. The number of hydrogen-bond donors (Lipinski definition) is 1. The molecule has 2 N–H and O–H groups in total. The van der Waals surface area contributed by atoms with Gasteiger partial charge in [-0.3, -0.25) is 14.4 Å². The van der Waals surface area contributed by atoms with Gasteiger partial charge in [0.2, 0.25) is 0 Å². The first-order chi connectivity index (χ1) is 16.1. The van der Waals surface area contributed by atoms with Gasteiger partial charge in [-0.25, -0.2) is 4.39 Å². The van der Waals surface area contributed by atoms with Gasteiger partial charge < -0.3 is 5.73 Å². The van der Waals surface area contributed by atoms with Crippen molar-refractivity contribution < 1.29 is 9.18 Å². The van der Waals surface area contributed by atoms with Crippen molar-refractivity contribution in [2.75, 3.05) is 13.1 Å². The van der Waals surface area contributed by atoms with Crippen LogP contribution >= 0.6 is 0 Å². The minimum absolute atomic E-state index is 0.229.